The first-order valence-electron chi connectivity index (χ1n) is 10.1. The quantitative estimate of drug-likeness (QED) is 0.885. The summed E-state index contributed by atoms with van der Waals surface area (Å²) < 4.78 is 6.52. The van der Waals surface area contributed by atoms with E-state index in [-0.39, 0.29) is 17.6 Å². The van der Waals surface area contributed by atoms with Gasteiger partial charge in [-0.3, -0.25) is 9.78 Å². The minimum atomic E-state index is -0.0926. The van der Waals surface area contributed by atoms with E-state index in [2.05, 4.69) is 15.2 Å². The molecule has 1 spiro atoms. The van der Waals surface area contributed by atoms with Crippen molar-refractivity contribution in [1.82, 2.24) is 15.3 Å². The lowest BCUT2D eigenvalue weighted by atomic mass is 9.73. The number of carbonyl (C=O) groups excluding carboxylic acids is 1. The van der Waals surface area contributed by atoms with E-state index >= 15 is 0 Å². The Kier molecular flexibility index (Phi) is 4.12. The minimum Gasteiger partial charge on any atom is -0.369 e. The maximum Gasteiger partial charge on any atom is 0.251 e. The lowest BCUT2D eigenvalue weighted by molar-refractivity contribution is 0.0141. The molecular formula is C22H26N4O2. The Bertz CT molecular complexity index is 903. The van der Waals surface area contributed by atoms with E-state index in [1.54, 1.807) is 0 Å². The molecule has 1 aromatic carbocycles. The predicted octanol–water partition coefficient (Wildman–Crippen LogP) is 2.51. The molecule has 146 valence electrons. The van der Waals surface area contributed by atoms with Crippen LogP contribution in [0.3, 0.4) is 0 Å². The van der Waals surface area contributed by atoms with Crippen LogP contribution in [0.4, 0.5) is 5.82 Å². The molecule has 0 aliphatic carbocycles. The van der Waals surface area contributed by atoms with Gasteiger partial charge >= 0.3 is 0 Å². The zero-order valence-electron chi connectivity index (χ0n) is 16.4. The van der Waals surface area contributed by atoms with E-state index < -0.39 is 0 Å². The zero-order chi connectivity index (χ0) is 19.3. The number of hydrogen-bond donors (Lipinski definition) is 1. The molecule has 3 aliphatic rings. The summed E-state index contributed by atoms with van der Waals surface area (Å²) in [5, 5.41) is 3.14. The fourth-order valence-corrected chi connectivity index (χ4v) is 5.35. The molecule has 2 aromatic rings. The van der Waals surface area contributed by atoms with E-state index in [4.69, 9.17) is 9.72 Å². The van der Waals surface area contributed by atoms with Crippen LogP contribution < -0.4 is 10.2 Å². The third-order valence-corrected chi connectivity index (χ3v) is 6.67. The summed E-state index contributed by atoms with van der Waals surface area (Å²) in [5.41, 5.74) is 2.52. The summed E-state index contributed by atoms with van der Waals surface area (Å²) in [6.07, 6.45) is 4.25. The van der Waals surface area contributed by atoms with Crippen LogP contribution in [0.5, 0.6) is 0 Å². The van der Waals surface area contributed by atoms with Gasteiger partial charge in [0.15, 0.2) is 0 Å². The van der Waals surface area contributed by atoms with Gasteiger partial charge in [0.1, 0.15) is 5.82 Å². The molecule has 4 atom stereocenters. The molecule has 6 heteroatoms. The van der Waals surface area contributed by atoms with Crippen molar-refractivity contribution in [1.29, 1.82) is 0 Å². The van der Waals surface area contributed by atoms with Crippen molar-refractivity contribution in [2.75, 3.05) is 24.5 Å². The van der Waals surface area contributed by atoms with Crippen molar-refractivity contribution >= 4 is 11.7 Å². The average molecular weight is 378 g/mol. The Hall–Kier alpha value is -2.47. The van der Waals surface area contributed by atoms with Crippen molar-refractivity contribution in [2.24, 2.45) is 11.8 Å². The number of amides is 1. The van der Waals surface area contributed by atoms with Crippen LogP contribution in [0, 0.1) is 25.7 Å². The van der Waals surface area contributed by atoms with Crippen LogP contribution in [-0.2, 0) is 4.74 Å². The fraction of sp³-hybridized carbons (Fsp3) is 0.500. The van der Waals surface area contributed by atoms with Gasteiger partial charge in [-0.15, -0.1) is 0 Å². The molecule has 3 fully saturated rings. The van der Waals surface area contributed by atoms with Gasteiger partial charge in [0.25, 0.3) is 5.91 Å². The third-order valence-electron chi connectivity index (χ3n) is 6.67. The summed E-state index contributed by atoms with van der Waals surface area (Å²) in [4.78, 5) is 24.1. The molecule has 1 amide bonds. The van der Waals surface area contributed by atoms with Crippen LogP contribution in [0.2, 0.25) is 0 Å². The van der Waals surface area contributed by atoms with Gasteiger partial charge in [0.2, 0.25) is 0 Å². The van der Waals surface area contributed by atoms with E-state index in [9.17, 15) is 4.79 Å². The number of nitrogens with one attached hydrogen (secondary N) is 1. The SMILES string of the molecule is Cc1cnc(C)c(N2C[C@@H]3[C@H](CNC(=O)c4ccccc4)[C@H]4CC[C@]3(C2)O4)n1. The number of fused-ring (bicyclic) bond motifs is 1. The van der Waals surface area contributed by atoms with Crippen molar-refractivity contribution < 1.29 is 9.53 Å². The van der Waals surface area contributed by atoms with Gasteiger partial charge in [-0.05, 0) is 38.8 Å². The van der Waals surface area contributed by atoms with Crippen LogP contribution >= 0.6 is 0 Å². The van der Waals surface area contributed by atoms with Crippen LogP contribution in [-0.4, -0.2) is 47.2 Å². The fourth-order valence-electron chi connectivity index (χ4n) is 5.35. The second kappa shape index (κ2) is 6.55. The molecule has 5 rings (SSSR count). The number of benzene rings is 1. The second-order valence-corrected chi connectivity index (χ2v) is 8.41. The lowest BCUT2D eigenvalue weighted by Gasteiger charge is -2.29. The monoisotopic (exact) mass is 378 g/mol. The maximum atomic E-state index is 12.5. The average Bonchev–Trinajstić information content (AvgIpc) is 3.37. The number of hydrogen-bond acceptors (Lipinski definition) is 5. The number of nitrogens with zero attached hydrogens (tertiary/aromatic N) is 3. The number of aromatic nitrogens is 2. The standard InChI is InChI=1S/C22H26N4O2/c1-14-10-23-15(2)20(25-14)26-12-18-17(19-8-9-22(18,13-26)28-19)11-24-21(27)16-6-4-3-5-7-16/h3-7,10,17-19H,8-9,11-13H2,1-2H3,(H,24,27)/t17-,18+,19+,22+/m0/s1. The molecule has 3 aliphatic heterocycles. The smallest absolute Gasteiger partial charge is 0.251 e. The molecule has 1 aromatic heterocycles. The van der Waals surface area contributed by atoms with E-state index in [1.807, 2.05) is 50.4 Å². The number of anilines is 1. The minimum absolute atomic E-state index is 0.00679. The Morgan fingerprint density at radius 3 is 2.96 bits per heavy atom. The van der Waals surface area contributed by atoms with Gasteiger partial charge in [-0.1, -0.05) is 18.2 Å². The van der Waals surface area contributed by atoms with Crippen molar-refractivity contribution in [3.8, 4) is 0 Å². The zero-order valence-corrected chi connectivity index (χ0v) is 16.4. The molecule has 4 heterocycles. The van der Waals surface area contributed by atoms with Gasteiger partial charge < -0.3 is 15.0 Å². The van der Waals surface area contributed by atoms with E-state index in [1.165, 1.54) is 0 Å². The largest absolute Gasteiger partial charge is 0.369 e. The molecule has 0 radical (unpaired) electrons. The van der Waals surface area contributed by atoms with E-state index in [0.29, 0.717) is 23.9 Å². The maximum absolute atomic E-state index is 12.5. The molecule has 0 saturated carbocycles. The first-order valence-corrected chi connectivity index (χ1v) is 10.1. The van der Waals surface area contributed by atoms with Gasteiger partial charge in [0.05, 0.1) is 23.1 Å². The number of ether oxygens (including phenoxy) is 1. The molecule has 3 saturated heterocycles. The van der Waals surface area contributed by atoms with Gasteiger partial charge in [-0.2, -0.15) is 0 Å². The highest BCUT2D eigenvalue weighted by Crippen LogP contribution is 2.55. The molecular weight excluding hydrogens is 352 g/mol. The van der Waals surface area contributed by atoms with Crippen molar-refractivity contribution in [3.05, 3.63) is 53.5 Å². The summed E-state index contributed by atoms with van der Waals surface area (Å²) in [5.74, 6) is 1.74. The Labute approximate surface area is 165 Å². The summed E-state index contributed by atoms with van der Waals surface area (Å²) in [6, 6.07) is 9.41. The summed E-state index contributed by atoms with van der Waals surface area (Å²) in [7, 11) is 0. The number of carbonyl (C=O) groups is 1. The Morgan fingerprint density at radius 1 is 1.32 bits per heavy atom. The number of rotatable bonds is 4. The summed E-state index contributed by atoms with van der Waals surface area (Å²) >= 11 is 0. The Morgan fingerprint density at radius 2 is 2.14 bits per heavy atom. The van der Waals surface area contributed by atoms with Crippen LogP contribution in [0.1, 0.15) is 34.6 Å². The second-order valence-electron chi connectivity index (χ2n) is 8.41. The number of aryl methyl sites for hydroxylation is 2. The van der Waals surface area contributed by atoms with Crippen molar-refractivity contribution in [3.63, 3.8) is 0 Å². The molecule has 2 bridgehead atoms. The molecule has 1 N–H and O–H groups in total. The first-order chi connectivity index (χ1) is 13.6. The highest BCUT2D eigenvalue weighted by atomic mass is 16.5. The van der Waals surface area contributed by atoms with Gasteiger partial charge in [0, 0.05) is 43.2 Å². The normalized spacial score (nSPS) is 30.5. The van der Waals surface area contributed by atoms with Crippen LogP contribution in [0.25, 0.3) is 0 Å². The topological polar surface area (TPSA) is 67.4 Å². The Balaban J connectivity index is 1.32. The first kappa shape index (κ1) is 17.6. The highest BCUT2D eigenvalue weighted by Gasteiger charge is 2.63. The van der Waals surface area contributed by atoms with Gasteiger partial charge in [-0.25, -0.2) is 4.98 Å². The summed E-state index contributed by atoms with van der Waals surface area (Å²) in [6.45, 7) is 6.45. The highest BCUT2D eigenvalue weighted by molar-refractivity contribution is 5.94. The predicted molar refractivity (Wildman–Crippen MR) is 106 cm³/mol. The van der Waals surface area contributed by atoms with Crippen LogP contribution in [0.15, 0.2) is 36.5 Å². The van der Waals surface area contributed by atoms with Crippen molar-refractivity contribution in [2.45, 2.75) is 38.4 Å². The van der Waals surface area contributed by atoms with E-state index in [0.717, 1.165) is 43.1 Å². The molecule has 0 unspecified atom stereocenters. The third kappa shape index (κ3) is 2.78. The lowest BCUT2D eigenvalue weighted by Crippen LogP contribution is -2.41. The molecule has 28 heavy (non-hydrogen) atoms. The molecule has 6 nitrogen and oxygen atoms in total.